The molecule has 0 aliphatic carbocycles. The highest BCUT2D eigenvalue weighted by atomic mass is 35.5. The molecule has 10 aromatic carbocycles. The number of aromatic nitrogens is 5. The summed E-state index contributed by atoms with van der Waals surface area (Å²) in [6.07, 6.45) is -2.05. The molecule has 44 heteroatoms. The molecule has 0 bridgehead atoms. The number of nitrogen functional groups attached to an aromatic ring is 1. The Balaban J connectivity index is 0.000000161. The first-order chi connectivity index (χ1) is 59.1. The maximum atomic E-state index is 15.3. The molecule has 648 valence electrons. The van der Waals surface area contributed by atoms with E-state index in [-0.39, 0.29) is 99.4 Å². The number of methoxy groups -OCH3 is 3. The Morgan fingerprint density at radius 3 is 1.23 bits per heavy atom. The number of pyridine rings is 3. The van der Waals surface area contributed by atoms with E-state index >= 15 is 8.78 Å². The fraction of sp³-hybridized carbons (Fsp3) is 0.0741. The van der Waals surface area contributed by atoms with Gasteiger partial charge in [0.1, 0.15) is 74.7 Å². The number of benzene rings is 10. The van der Waals surface area contributed by atoms with Crippen molar-refractivity contribution in [3.63, 3.8) is 0 Å². The summed E-state index contributed by atoms with van der Waals surface area (Å²) in [6.45, 7) is 0. The zero-order valence-electron chi connectivity index (χ0n) is 63.0. The normalized spacial score (nSPS) is 11.5. The summed E-state index contributed by atoms with van der Waals surface area (Å²) in [7, 11) is -11.4. The van der Waals surface area contributed by atoms with E-state index in [2.05, 4.69) is 43.2 Å². The zero-order valence-corrected chi connectivity index (χ0v) is 66.2. The average molecular weight is 1830 g/mol. The van der Waals surface area contributed by atoms with Crippen molar-refractivity contribution in [2.45, 2.75) is 34.0 Å². The summed E-state index contributed by atoms with van der Waals surface area (Å²) < 4.78 is 344. The molecule has 0 fully saturated rings. The minimum Gasteiger partial charge on any atom is -0.497 e. The largest absolute Gasteiger partial charge is 0.497 e. The van der Waals surface area contributed by atoms with Crippen molar-refractivity contribution in [3.05, 3.63) is 293 Å². The number of nitrogens with two attached hydrogens (primary N) is 1. The number of nitrogens with zero attached hydrogens (tertiary/aromatic N) is 5. The number of hydrogen-bond donors (Lipinski definition) is 5. The molecule has 5 heterocycles. The molecule has 0 unspecified atom stereocenters. The molecular formula is C81H52BClF17N7O15S3. The Kier molecular flexibility index (Phi) is 28.4. The highest BCUT2D eigenvalue weighted by Crippen LogP contribution is 2.44. The Bertz CT molecular complexity index is 6920. The fourth-order valence-corrected chi connectivity index (χ4v) is 14.7. The Morgan fingerprint density at radius 2 is 0.824 bits per heavy atom. The molecule has 125 heavy (non-hydrogen) atoms. The van der Waals surface area contributed by atoms with Crippen LogP contribution in [0.5, 0.6) is 23.0 Å². The van der Waals surface area contributed by atoms with Gasteiger partial charge in [-0.25, -0.2) is 79.3 Å². The molecule has 5 aromatic heterocycles. The molecule has 0 atom stereocenters. The van der Waals surface area contributed by atoms with Crippen LogP contribution in [0.1, 0.15) is 36.0 Å². The van der Waals surface area contributed by atoms with Crippen molar-refractivity contribution >= 4 is 98.4 Å². The lowest BCUT2D eigenvalue weighted by Crippen LogP contribution is -2.31. The van der Waals surface area contributed by atoms with E-state index in [1.54, 1.807) is 12.1 Å². The lowest BCUT2D eigenvalue weighted by Gasteiger charge is -2.15. The lowest BCUT2D eigenvalue weighted by atomic mass is 9.78. The van der Waals surface area contributed by atoms with Crippen LogP contribution in [0.4, 0.5) is 86.3 Å². The van der Waals surface area contributed by atoms with Gasteiger partial charge in [-0.1, -0.05) is 34.0 Å². The van der Waals surface area contributed by atoms with Gasteiger partial charge >= 0.3 is 17.2 Å². The third-order valence-electron chi connectivity index (χ3n) is 17.7. The predicted molar refractivity (Wildman–Crippen MR) is 420 cm³/mol. The second-order valence-corrected chi connectivity index (χ2v) is 30.6. The number of halogens is 18. The molecule has 22 nitrogen and oxygen atoms in total. The molecule has 6 N–H and O–H groups in total. The van der Waals surface area contributed by atoms with E-state index in [4.69, 9.17) is 41.6 Å². The molecule has 0 saturated carbocycles. The molecule has 0 saturated heterocycles. The molecule has 0 spiro atoms. The molecule has 0 radical (unpaired) electrons. The summed E-state index contributed by atoms with van der Waals surface area (Å²) in [4.78, 5) is 11.4. The maximum Gasteiger partial charge on any atom is 0.492 e. The molecule has 0 amide bonds. The lowest BCUT2D eigenvalue weighted by molar-refractivity contribution is 0.150. The smallest absolute Gasteiger partial charge is 0.492 e. The standard InChI is InChI=1S/C26H17F4N3O4S.C23H15F4NO4S.C15H5ClF5NO3S.C14H11BF4O3.C3H4N2O/c1-36-23-13-20(15-8-16(26(29)30)10-17(27)9-15)22(28)12-21(23)25-19-3-2-18(11-14(19)4-6-31-25)38(34,35)33-24-5-7-37-32-24;1-32-21-11-18(13-6-14(23(26)27)8-15(24)7-13)20(25)10-19(21)22-17-3-2-16(33(29,30)31)9-12(17)4-5-28-22;16-15-8-2-1-7(5-6(8)3-4-22-15)26(23,24)25-14-12(20)10(18)9(17)11(19)13(14)21;1-22-13-5-10(12(17)6-11(13)15(20)21)7-2-8(14(18)19)4-9(16)3-7;4-3-1-2-6-5-3/h2-13,26H,1H3,(H,32,33);2-11,23H,1H3,(H,29,30,31);1-5H;2-6,14,20-21H,1H3;1-2H,(H2,4,5). The van der Waals surface area contributed by atoms with Gasteiger partial charge in [0, 0.05) is 96.9 Å². The van der Waals surface area contributed by atoms with Crippen molar-refractivity contribution in [3.8, 4) is 78.9 Å². The number of fused-ring (bicyclic) bond motifs is 3. The van der Waals surface area contributed by atoms with E-state index in [1.807, 2.05) is 0 Å². The van der Waals surface area contributed by atoms with Gasteiger partial charge < -0.3 is 43.2 Å². The number of sulfonamides is 1. The van der Waals surface area contributed by atoms with Gasteiger partial charge in [-0.15, -0.1) is 0 Å². The minimum absolute atomic E-state index is 0.0137. The number of alkyl halides is 6. The predicted octanol–water partition coefficient (Wildman–Crippen LogP) is 19.5. The molecule has 15 rings (SSSR count). The van der Waals surface area contributed by atoms with Crippen LogP contribution < -0.4 is 34.3 Å². The van der Waals surface area contributed by atoms with Crippen molar-refractivity contribution in [1.29, 1.82) is 0 Å². The second-order valence-electron chi connectivity index (χ2n) is 25.6. The van der Waals surface area contributed by atoms with Gasteiger partial charge in [0.05, 0.1) is 42.5 Å². The topological polar surface area (TPSA) is 329 Å². The van der Waals surface area contributed by atoms with Crippen LogP contribution in [0.3, 0.4) is 0 Å². The molecular weight excluding hydrogens is 1780 g/mol. The van der Waals surface area contributed by atoms with Crippen LogP contribution in [0, 0.1) is 64.0 Å². The van der Waals surface area contributed by atoms with Crippen LogP contribution >= 0.6 is 11.6 Å². The van der Waals surface area contributed by atoms with Gasteiger partial charge in [-0.2, -0.15) is 25.6 Å². The highest BCUT2D eigenvalue weighted by molar-refractivity contribution is 7.92. The second kappa shape index (κ2) is 38.5. The van der Waals surface area contributed by atoms with E-state index < -0.39 is 148 Å². The summed E-state index contributed by atoms with van der Waals surface area (Å²) in [5, 5.41) is 27.7. The SMILES string of the molecule is COc1cc(-c2cc(F)cc(C(F)F)c2)c(F)cc1-c1nccc2cc(S(=O)(=O)Nc3ccon3)ccc12.COc1cc(-c2cc(F)cc(C(F)F)c2)c(F)cc1-c1nccc2cc(S(=O)(=O)O)ccc12.COc1cc(-c2cc(F)cc(C(F)F)c2)c(F)cc1B(O)O.Nc1ccon1.O=S(=O)(Oc1c(F)c(F)c(F)c(F)c1F)c1ccc2c(Cl)nccc2c1. The minimum atomic E-state index is -4.91. The van der Waals surface area contributed by atoms with Gasteiger partial charge in [0.25, 0.3) is 39.4 Å². The number of hydrogen-bond acceptors (Lipinski definition) is 20. The first kappa shape index (κ1) is 92.3. The quantitative estimate of drug-likeness (QED) is 0.00955. The van der Waals surface area contributed by atoms with Crippen molar-refractivity contribution in [1.82, 2.24) is 25.3 Å². The Labute approximate surface area is 699 Å². The first-order valence-electron chi connectivity index (χ1n) is 34.7. The summed E-state index contributed by atoms with van der Waals surface area (Å²) in [5.41, 5.74) is 3.31. The van der Waals surface area contributed by atoms with Crippen molar-refractivity contribution < 1.29 is 142 Å². The van der Waals surface area contributed by atoms with Crippen LogP contribution in [-0.4, -0.2) is 93.6 Å². The zero-order chi connectivity index (χ0) is 91.0. The van der Waals surface area contributed by atoms with E-state index in [0.29, 0.717) is 56.3 Å². The van der Waals surface area contributed by atoms with Gasteiger partial charge in [-0.05, 0) is 185 Å². The molecule has 15 aromatic rings. The maximum absolute atomic E-state index is 15.3. The van der Waals surface area contributed by atoms with Gasteiger partial charge in [0.15, 0.2) is 11.6 Å². The Morgan fingerprint density at radius 1 is 0.432 bits per heavy atom. The van der Waals surface area contributed by atoms with E-state index in [1.165, 1.54) is 125 Å². The summed E-state index contributed by atoms with van der Waals surface area (Å²) >= 11 is 5.83. The van der Waals surface area contributed by atoms with Crippen LogP contribution in [0.2, 0.25) is 5.15 Å². The van der Waals surface area contributed by atoms with E-state index in [9.17, 15) is 95.7 Å². The molecule has 0 aliphatic rings. The van der Waals surface area contributed by atoms with Gasteiger partial charge in [0.2, 0.25) is 34.8 Å². The van der Waals surface area contributed by atoms with Crippen molar-refractivity contribution in [2.24, 2.45) is 0 Å². The number of anilines is 2. The van der Waals surface area contributed by atoms with E-state index in [0.717, 1.165) is 72.8 Å². The third-order valence-corrected chi connectivity index (χ3v) is 21.4. The number of ether oxygens (including phenoxy) is 3. The highest BCUT2D eigenvalue weighted by Gasteiger charge is 2.33. The van der Waals surface area contributed by atoms with Crippen LogP contribution in [-0.2, 0) is 30.3 Å². The Hall–Kier alpha value is -13.5. The summed E-state index contributed by atoms with van der Waals surface area (Å²) in [6, 6.07) is 33.2. The molecule has 0 aliphatic heterocycles. The third kappa shape index (κ3) is 21.3. The van der Waals surface area contributed by atoms with Gasteiger partial charge in [-0.3, -0.25) is 19.2 Å². The van der Waals surface area contributed by atoms with Crippen LogP contribution in [0.15, 0.2) is 231 Å². The van der Waals surface area contributed by atoms with Crippen LogP contribution in [0.25, 0.3) is 88.2 Å². The fourth-order valence-electron chi connectivity index (χ4n) is 11.9. The first-order valence-corrected chi connectivity index (χ1v) is 39.4. The average Bonchev–Trinajstić information content (AvgIpc) is 1.02. The summed E-state index contributed by atoms with van der Waals surface area (Å²) in [5.74, 6) is -18.5. The monoisotopic (exact) mass is 1830 g/mol. The number of nitrogens with one attached hydrogen (secondary N) is 1. The van der Waals surface area contributed by atoms with Crippen molar-refractivity contribution in [2.75, 3.05) is 31.8 Å². The number of rotatable bonds is 19.